The van der Waals surface area contributed by atoms with Crippen molar-refractivity contribution in [3.05, 3.63) is 60.4 Å². The Labute approximate surface area is 207 Å². The number of cyclic esters (lactones) is 1. The predicted molar refractivity (Wildman–Crippen MR) is 128 cm³/mol. The summed E-state index contributed by atoms with van der Waals surface area (Å²) < 4.78 is 26.5. The van der Waals surface area contributed by atoms with Gasteiger partial charge in [-0.05, 0) is 31.2 Å². The molecule has 1 unspecified atom stereocenters. The van der Waals surface area contributed by atoms with Crippen molar-refractivity contribution < 1.29 is 28.6 Å². The summed E-state index contributed by atoms with van der Waals surface area (Å²) in [6.45, 7) is 4.43. The molecule has 12 heteroatoms. The van der Waals surface area contributed by atoms with E-state index in [1.165, 1.54) is 11.0 Å². The standard InChI is InChI=1S/C20H17FN6O3.C4H10O2/c21-17-9-14(27-12-15(30-20(27)28)11-26-7-6-23-25-26)2-3-16(17)13-1-4-18(22-10-13)19-5-8-29-24-19;1-2-6-4-3-5/h1-4,6-7,9-10,15H,5,8,11-12H2;5H,2-4H2,1H3. The van der Waals surface area contributed by atoms with Crippen LogP contribution in [0.15, 0.2) is 54.1 Å². The van der Waals surface area contributed by atoms with E-state index in [-0.39, 0.29) is 12.7 Å². The van der Waals surface area contributed by atoms with Crippen LogP contribution in [0.3, 0.4) is 0 Å². The minimum atomic E-state index is -0.516. The molecule has 1 amide bonds. The number of amides is 1. The third kappa shape index (κ3) is 6.20. The molecule has 5 rings (SSSR count). The van der Waals surface area contributed by atoms with Crippen LogP contribution in [0, 0.1) is 5.82 Å². The van der Waals surface area contributed by atoms with Gasteiger partial charge in [-0.3, -0.25) is 9.88 Å². The van der Waals surface area contributed by atoms with E-state index < -0.39 is 11.9 Å². The van der Waals surface area contributed by atoms with Crippen molar-refractivity contribution >= 4 is 17.5 Å². The van der Waals surface area contributed by atoms with E-state index in [1.54, 1.807) is 47.5 Å². The first-order valence-corrected chi connectivity index (χ1v) is 11.5. The molecule has 190 valence electrons. The van der Waals surface area contributed by atoms with Gasteiger partial charge < -0.3 is 19.4 Å². The molecule has 0 aliphatic carbocycles. The fourth-order valence-electron chi connectivity index (χ4n) is 3.69. The summed E-state index contributed by atoms with van der Waals surface area (Å²) in [7, 11) is 0. The summed E-state index contributed by atoms with van der Waals surface area (Å²) in [4.78, 5) is 23.0. The van der Waals surface area contributed by atoms with Crippen molar-refractivity contribution in [1.29, 1.82) is 0 Å². The lowest BCUT2D eigenvalue weighted by Gasteiger charge is -2.14. The molecule has 0 spiro atoms. The average molecular weight is 499 g/mol. The molecular formula is C24H27FN6O5. The number of carbonyl (C=O) groups excluding carboxylic acids is 1. The number of ether oxygens (including phenoxy) is 2. The number of anilines is 1. The predicted octanol–water partition coefficient (Wildman–Crippen LogP) is 2.64. The largest absolute Gasteiger partial charge is 0.442 e. The zero-order valence-electron chi connectivity index (χ0n) is 19.8. The van der Waals surface area contributed by atoms with E-state index in [0.29, 0.717) is 61.8 Å². The summed E-state index contributed by atoms with van der Waals surface area (Å²) in [6.07, 6.45) is 4.65. The number of aliphatic hydroxyl groups is 1. The monoisotopic (exact) mass is 498 g/mol. The number of halogens is 1. The molecule has 1 aromatic carbocycles. The van der Waals surface area contributed by atoms with Crippen molar-refractivity contribution in [1.82, 2.24) is 20.0 Å². The van der Waals surface area contributed by atoms with Crippen molar-refractivity contribution in [2.45, 2.75) is 26.0 Å². The van der Waals surface area contributed by atoms with E-state index in [1.807, 2.05) is 6.92 Å². The Bertz CT molecular complexity index is 1170. The van der Waals surface area contributed by atoms with Gasteiger partial charge in [0.1, 0.15) is 24.2 Å². The summed E-state index contributed by atoms with van der Waals surface area (Å²) >= 11 is 0. The van der Waals surface area contributed by atoms with Gasteiger partial charge in [0.15, 0.2) is 0 Å². The first-order valence-electron chi connectivity index (χ1n) is 11.5. The average Bonchev–Trinajstić information content (AvgIpc) is 3.67. The maximum absolute atomic E-state index is 14.8. The number of hydrogen-bond donors (Lipinski definition) is 1. The Morgan fingerprint density at radius 1 is 1.28 bits per heavy atom. The fraction of sp³-hybridized carbons (Fsp3) is 0.375. The third-order valence-electron chi connectivity index (χ3n) is 5.42. The summed E-state index contributed by atoms with van der Waals surface area (Å²) in [5, 5.41) is 19.6. The minimum Gasteiger partial charge on any atom is -0.442 e. The second-order valence-corrected chi connectivity index (χ2v) is 7.88. The Morgan fingerprint density at radius 2 is 2.17 bits per heavy atom. The molecule has 0 radical (unpaired) electrons. The van der Waals surface area contributed by atoms with Gasteiger partial charge in [-0.2, -0.15) is 0 Å². The lowest BCUT2D eigenvalue weighted by molar-refractivity contribution is 0.102. The molecule has 2 aliphatic rings. The summed E-state index contributed by atoms with van der Waals surface area (Å²) in [5.74, 6) is -0.448. The van der Waals surface area contributed by atoms with Gasteiger partial charge in [-0.1, -0.05) is 16.4 Å². The normalized spacial score (nSPS) is 16.8. The topological polar surface area (TPSA) is 124 Å². The van der Waals surface area contributed by atoms with Gasteiger partial charge in [0.05, 0.1) is 43.9 Å². The lowest BCUT2D eigenvalue weighted by Crippen LogP contribution is -2.26. The maximum Gasteiger partial charge on any atom is 0.414 e. The smallest absolute Gasteiger partial charge is 0.414 e. The van der Waals surface area contributed by atoms with E-state index in [2.05, 4.69) is 20.5 Å². The number of benzene rings is 1. The van der Waals surface area contributed by atoms with Gasteiger partial charge in [0.2, 0.25) is 0 Å². The van der Waals surface area contributed by atoms with Crippen LogP contribution < -0.4 is 4.90 Å². The molecule has 36 heavy (non-hydrogen) atoms. The van der Waals surface area contributed by atoms with Crippen LogP contribution in [0.4, 0.5) is 14.9 Å². The number of oxime groups is 1. The van der Waals surface area contributed by atoms with Gasteiger partial charge in [-0.15, -0.1) is 5.10 Å². The minimum absolute atomic E-state index is 0.133. The lowest BCUT2D eigenvalue weighted by atomic mass is 10.0. The molecule has 3 aromatic rings. The highest BCUT2D eigenvalue weighted by molar-refractivity contribution is 5.99. The molecule has 1 N–H and O–H groups in total. The molecule has 1 atom stereocenters. The van der Waals surface area contributed by atoms with Crippen LogP contribution in [0.1, 0.15) is 19.0 Å². The first-order chi connectivity index (χ1) is 17.6. The van der Waals surface area contributed by atoms with Crippen molar-refractivity contribution in [3.8, 4) is 11.1 Å². The summed E-state index contributed by atoms with van der Waals surface area (Å²) in [5.41, 5.74) is 2.96. The fourth-order valence-corrected chi connectivity index (χ4v) is 3.69. The molecule has 2 aliphatic heterocycles. The number of pyridine rings is 1. The van der Waals surface area contributed by atoms with Crippen LogP contribution >= 0.6 is 0 Å². The van der Waals surface area contributed by atoms with Crippen molar-refractivity contribution in [3.63, 3.8) is 0 Å². The summed E-state index contributed by atoms with van der Waals surface area (Å²) in [6, 6.07) is 8.25. The highest BCUT2D eigenvalue weighted by Crippen LogP contribution is 2.29. The number of hydrogen-bond acceptors (Lipinski definition) is 9. The Hall–Kier alpha value is -3.90. The molecule has 11 nitrogen and oxygen atoms in total. The SMILES string of the molecule is CCOCCO.O=C1OC(Cn2ccnn2)CN1c1ccc(-c2ccc(C3=NOCC3)nc2)c(F)c1. The van der Waals surface area contributed by atoms with Crippen LogP contribution in [-0.2, 0) is 20.9 Å². The molecule has 0 saturated carbocycles. The van der Waals surface area contributed by atoms with Crippen LogP contribution in [0.5, 0.6) is 0 Å². The maximum atomic E-state index is 14.8. The molecular weight excluding hydrogens is 471 g/mol. The Kier molecular flexibility index (Phi) is 8.53. The molecule has 4 heterocycles. The number of nitrogens with zero attached hydrogens (tertiary/aromatic N) is 6. The van der Waals surface area contributed by atoms with E-state index in [4.69, 9.17) is 19.4 Å². The van der Waals surface area contributed by atoms with Gasteiger partial charge >= 0.3 is 6.09 Å². The highest BCUT2D eigenvalue weighted by Gasteiger charge is 2.33. The van der Waals surface area contributed by atoms with Crippen LogP contribution in [0.2, 0.25) is 0 Å². The Morgan fingerprint density at radius 3 is 2.78 bits per heavy atom. The second-order valence-electron chi connectivity index (χ2n) is 7.88. The third-order valence-corrected chi connectivity index (χ3v) is 5.42. The van der Waals surface area contributed by atoms with Crippen LogP contribution in [0.25, 0.3) is 11.1 Å². The van der Waals surface area contributed by atoms with Crippen molar-refractivity contribution in [2.24, 2.45) is 5.16 Å². The molecule has 1 fully saturated rings. The Balaban J connectivity index is 0.000000455. The van der Waals surface area contributed by atoms with E-state index in [0.717, 1.165) is 5.71 Å². The van der Waals surface area contributed by atoms with Gasteiger partial charge in [0.25, 0.3) is 0 Å². The first kappa shape index (κ1) is 25.2. The second kappa shape index (κ2) is 12.2. The van der Waals surface area contributed by atoms with Gasteiger partial charge in [-0.25, -0.2) is 13.9 Å². The van der Waals surface area contributed by atoms with E-state index in [9.17, 15) is 9.18 Å². The van der Waals surface area contributed by atoms with Crippen molar-refractivity contribution in [2.75, 3.05) is 37.9 Å². The number of aliphatic hydroxyl groups excluding tert-OH is 1. The number of carbonyl (C=O) groups is 1. The molecule has 2 aromatic heterocycles. The zero-order valence-corrected chi connectivity index (χ0v) is 19.8. The number of rotatable bonds is 8. The number of aromatic nitrogens is 4. The molecule has 1 saturated heterocycles. The zero-order chi connectivity index (χ0) is 25.3. The van der Waals surface area contributed by atoms with E-state index >= 15 is 0 Å². The molecule has 0 bridgehead atoms. The highest BCUT2D eigenvalue weighted by atomic mass is 19.1. The quantitative estimate of drug-likeness (QED) is 0.470. The van der Waals surface area contributed by atoms with Crippen LogP contribution in [-0.4, -0.2) is 76.0 Å². The van der Waals surface area contributed by atoms with Gasteiger partial charge in [0, 0.05) is 36.5 Å².